The molecular weight excluding hydrogens is 731 g/mol. The van der Waals surface area contributed by atoms with Gasteiger partial charge in [0.1, 0.15) is 29.7 Å². The van der Waals surface area contributed by atoms with E-state index in [9.17, 15) is 56.6 Å². The first-order chi connectivity index (χ1) is 25.3. The number of aliphatic carboxylic acids is 1. The van der Waals surface area contributed by atoms with E-state index < -0.39 is 114 Å². The number of carboxylic acids is 1. The Balaban J connectivity index is 2.39. The molecule has 0 aliphatic carbocycles. The molecule has 0 spiro atoms. The fourth-order valence-corrected chi connectivity index (χ4v) is 6.97. The standard InChI is InChI=1S/C36H58F3N7O9/c1-20(2)27(29(50)41-24(19-26(48)49)32(53)46-16-12-13-17-46)43(8)25(47)18-23(31(52)45-14-10-11-15-45)40-30(51)28(21(3)4)44(9)34(55)35(7,22(5)6)42-33(54)36(37,38)39/h20-24,27-28H,10-19H2,1-9H3,(H,40,51)(H,41,50)(H,42,54)(H,48,49)/t23-,24-,27-,28-,35-/m0/s1. The predicted octanol–water partition coefficient (Wildman–Crippen LogP) is 1.12. The van der Waals surface area contributed by atoms with Crippen molar-refractivity contribution < 1.29 is 56.6 Å². The van der Waals surface area contributed by atoms with Crippen LogP contribution < -0.4 is 16.0 Å². The van der Waals surface area contributed by atoms with Gasteiger partial charge < -0.3 is 40.7 Å². The number of carboxylic acid groups (broad SMARTS) is 1. The molecule has 2 aliphatic heterocycles. The van der Waals surface area contributed by atoms with Crippen molar-refractivity contribution in [1.82, 2.24) is 35.6 Å². The Hall–Kier alpha value is -4.45. The number of likely N-dealkylation sites (N-methyl/N-ethyl adjacent to an activating group) is 2. The van der Waals surface area contributed by atoms with Crippen LogP contribution >= 0.6 is 0 Å². The lowest BCUT2D eigenvalue weighted by molar-refractivity contribution is -0.177. The number of carbonyl (C=O) groups is 8. The number of nitrogens with zero attached hydrogens (tertiary/aromatic N) is 4. The zero-order chi connectivity index (χ0) is 42.2. The highest BCUT2D eigenvalue weighted by Crippen LogP contribution is 2.26. The molecule has 0 aromatic heterocycles. The molecule has 0 unspecified atom stereocenters. The molecule has 0 bridgehead atoms. The van der Waals surface area contributed by atoms with Crippen molar-refractivity contribution in [2.75, 3.05) is 40.3 Å². The first-order valence-electron chi connectivity index (χ1n) is 18.7. The second kappa shape index (κ2) is 19.4. The lowest BCUT2D eigenvalue weighted by Gasteiger charge is -2.40. The van der Waals surface area contributed by atoms with Crippen LogP contribution in [0.1, 0.15) is 87.0 Å². The molecule has 7 amide bonds. The van der Waals surface area contributed by atoms with Crippen molar-refractivity contribution in [2.24, 2.45) is 17.8 Å². The monoisotopic (exact) mass is 789 g/mol. The van der Waals surface area contributed by atoms with Gasteiger partial charge in [-0.1, -0.05) is 41.5 Å². The molecule has 19 heteroatoms. The van der Waals surface area contributed by atoms with Crippen LogP contribution in [0.15, 0.2) is 0 Å². The van der Waals surface area contributed by atoms with Gasteiger partial charge in [0.25, 0.3) is 0 Å². The van der Waals surface area contributed by atoms with Gasteiger partial charge in [0, 0.05) is 40.3 Å². The molecule has 0 radical (unpaired) electrons. The highest BCUT2D eigenvalue weighted by molar-refractivity contribution is 5.99. The van der Waals surface area contributed by atoms with Gasteiger partial charge in [0.2, 0.25) is 35.4 Å². The fraction of sp³-hybridized carbons (Fsp3) is 0.778. The molecule has 2 aliphatic rings. The van der Waals surface area contributed by atoms with E-state index in [1.165, 1.54) is 37.7 Å². The molecule has 2 heterocycles. The summed E-state index contributed by atoms with van der Waals surface area (Å²) < 4.78 is 39.7. The third-order valence-electron chi connectivity index (χ3n) is 10.4. The lowest BCUT2D eigenvalue weighted by atomic mass is 9.85. The second-order valence-electron chi connectivity index (χ2n) is 15.6. The van der Waals surface area contributed by atoms with E-state index in [1.807, 2.05) is 0 Å². The number of halogens is 3. The minimum Gasteiger partial charge on any atom is -0.481 e. The number of carbonyl (C=O) groups excluding carboxylic acids is 7. The summed E-state index contributed by atoms with van der Waals surface area (Å²) in [5.74, 6) is -10.3. The SMILES string of the molecule is CC(C)[C@@H](C(=O)N[C@@H](CC(=O)O)C(=O)N1CCCC1)N(C)C(=O)C[C@H](NC(=O)[C@H](C(C)C)N(C)C(=O)[C@@](C)(NC(=O)C(F)(F)F)C(C)C)C(=O)N1CCCC1. The summed E-state index contributed by atoms with van der Waals surface area (Å²) in [4.78, 5) is 111. The largest absolute Gasteiger partial charge is 0.481 e. The summed E-state index contributed by atoms with van der Waals surface area (Å²) in [5.41, 5.74) is -2.09. The molecule has 0 aromatic carbocycles. The molecule has 55 heavy (non-hydrogen) atoms. The Kier molecular flexibility index (Phi) is 16.5. The first-order valence-corrected chi connectivity index (χ1v) is 18.7. The average Bonchev–Trinajstić information content (AvgIpc) is 3.81. The number of rotatable bonds is 17. The first kappa shape index (κ1) is 46.7. The van der Waals surface area contributed by atoms with Crippen LogP contribution in [0.5, 0.6) is 0 Å². The maximum atomic E-state index is 14.0. The molecule has 2 saturated heterocycles. The van der Waals surface area contributed by atoms with Gasteiger partial charge in [-0.05, 0) is 50.4 Å². The number of hydrogen-bond donors (Lipinski definition) is 4. The van der Waals surface area contributed by atoms with Crippen molar-refractivity contribution in [3.05, 3.63) is 0 Å². The molecule has 5 atom stereocenters. The zero-order valence-corrected chi connectivity index (χ0v) is 33.2. The van der Waals surface area contributed by atoms with Crippen LogP contribution in [-0.4, -0.2) is 148 Å². The molecule has 0 saturated carbocycles. The van der Waals surface area contributed by atoms with Gasteiger partial charge >= 0.3 is 18.1 Å². The Morgan fingerprint density at radius 3 is 1.40 bits per heavy atom. The normalized spacial score (nSPS) is 17.9. The van der Waals surface area contributed by atoms with Crippen molar-refractivity contribution in [3.63, 3.8) is 0 Å². The van der Waals surface area contributed by atoms with Gasteiger partial charge in [-0.3, -0.25) is 38.4 Å². The fourth-order valence-electron chi connectivity index (χ4n) is 6.97. The molecular formula is C36H58F3N7O9. The number of alkyl halides is 3. The Labute approximate surface area is 320 Å². The number of nitrogens with one attached hydrogen (secondary N) is 3. The summed E-state index contributed by atoms with van der Waals surface area (Å²) in [6, 6.07) is -5.47. The van der Waals surface area contributed by atoms with Crippen molar-refractivity contribution >= 4 is 47.3 Å². The summed E-state index contributed by atoms with van der Waals surface area (Å²) in [6.45, 7) is 11.9. The van der Waals surface area contributed by atoms with Crippen LogP contribution in [0.4, 0.5) is 13.2 Å². The summed E-state index contributed by atoms with van der Waals surface area (Å²) in [5, 5.41) is 16.3. The highest BCUT2D eigenvalue weighted by atomic mass is 19.4. The molecule has 0 aromatic rings. The third-order valence-corrected chi connectivity index (χ3v) is 10.4. The highest BCUT2D eigenvalue weighted by Gasteiger charge is 2.49. The molecule has 4 N–H and O–H groups in total. The van der Waals surface area contributed by atoms with E-state index in [0.29, 0.717) is 39.0 Å². The Morgan fingerprint density at radius 2 is 1.05 bits per heavy atom. The molecule has 2 fully saturated rings. The quantitative estimate of drug-likeness (QED) is 0.167. The van der Waals surface area contributed by atoms with E-state index in [1.54, 1.807) is 33.0 Å². The average molecular weight is 790 g/mol. The summed E-state index contributed by atoms with van der Waals surface area (Å²) in [6.07, 6.45) is -3.77. The van der Waals surface area contributed by atoms with Gasteiger partial charge in [-0.15, -0.1) is 0 Å². The smallest absolute Gasteiger partial charge is 0.471 e. The van der Waals surface area contributed by atoms with Crippen LogP contribution in [0.25, 0.3) is 0 Å². The molecule has 16 nitrogen and oxygen atoms in total. The van der Waals surface area contributed by atoms with Crippen LogP contribution in [0.3, 0.4) is 0 Å². The maximum absolute atomic E-state index is 14.0. The van der Waals surface area contributed by atoms with Crippen LogP contribution in [0, 0.1) is 17.8 Å². The Morgan fingerprint density at radius 1 is 0.673 bits per heavy atom. The van der Waals surface area contributed by atoms with Crippen LogP contribution in [0.2, 0.25) is 0 Å². The minimum atomic E-state index is -5.28. The summed E-state index contributed by atoms with van der Waals surface area (Å²) in [7, 11) is 2.51. The number of amides is 7. The van der Waals surface area contributed by atoms with Crippen molar-refractivity contribution in [1.29, 1.82) is 0 Å². The van der Waals surface area contributed by atoms with E-state index in [2.05, 4.69) is 10.6 Å². The molecule has 312 valence electrons. The van der Waals surface area contributed by atoms with E-state index in [-0.39, 0.29) is 0 Å². The van der Waals surface area contributed by atoms with Crippen molar-refractivity contribution in [3.8, 4) is 0 Å². The summed E-state index contributed by atoms with van der Waals surface area (Å²) >= 11 is 0. The predicted molar refractivity (Wildman–Crippen MR) is 193 cm³/mol. The second-order valence-corrected chi connectivity index (χ2v) is 15.6. The number of likely N-dealkylation sites (tertiary alicyclic amines) is 2. The minimum absolute atomic E-state index is 0.347. The van der Waals surface area contributed by atoms with E-state index in [0.717, 1.165) is 29.6 Å². The van der Waals surface area contributed by atoms with E-state index >= 15 is 0 Å². The van der Waals surface area contributed by atoms with Gasteiger partial charge in [-0.2, -0.15) is 13.2 Å². The maximum Gasteiger partial charge on any atom is 0.471 e. The van der Waals surface area contributed by atoms with Gasteiger partial charge in [-0.25, -0.2) is 0 Å². The van der Waals surface area contributed by atoms with Crippen molar-refractivity contribution in [2.45, 2.75) is 123 Å². The third kappa shape index (κ3) is 12.0. The number of hydrogen-bond acceptors (Lipinski definition) is 8. The lowest BCUT2D eigenvalue weighted by Crippen LogP contribution is -2.65. The van der Waals surface area contributed by atoms with Gasteiger partial charge in [0.15, 0.2) is 0 Å². The topological polar surface area (TPSA) is 206 Å². The zero-order valence-electron chi connectivity index (χ0n) is 33.2. The van der Waals surface area contributed by atoms with Gasteiger partial charge in [0.05, 0.1) is 12.8 Å². The molecule has 2 rings (SSSR count). The Bertz CT molecular complexity index is 1450. The van der Waals surface area contributed by atoms with Crippen LogP contribution in [-0.2, 0) is 38.4 Å². The van der Waals surface area contributed by atoms with E-state index in [4.69, 9.17) is 0 Å².